The number of hydrogen-bond acceptors (Lipinski definition) is 5. The third kappa shape index (κ3) is 6.25. The summed E-state index contributed by atoms with van der Waals surface area (Å²) in [5.74, 6) is -6.31. The molecule has 0 bridgehead atoms. The predicted molar refractivity (Wildman–Crippen MR) is 132 cm³/mol. The highest BCUT2D eigenvalue weighted by molar-refractivity contribution is 7.89. The van der Waals surface area contributed by atoms with E-state index in [4.69, 9.17) is 0 Å². The summed E-state index contributed by atoms with van der Waals surface area (Å²) in [5, 5.41) is 12.1. The van der Waals surface area contributed by atoms with Gasteiger partial charge in [0.1, 0.15) is 5.82 Å². The van der Waals surface area contributed by atoms with Gasteiger partial charge < -0.3 is 15.3 Å². The number of carboxylic acids is 1. The van der Waals surface area contributed by atoms with Crippen LogP contribution in [0.4, 0.5) is 13.2 Å². The number of aliphatic carboxylic acids is 1. The lowest BCUT2D eigenvalue weighted by Gasteiger charge is -2.34. The van der Waals surface area contributed by atoms with Gasteiger partial charge in [-0.25, -0.2) is 21.6 Å². The minimum Gasteiger partial charge on any atom is -0.481 e. The third-order valence-electron chi connectivity index (χ3n) is 7.15. The molecule has 39 heavy (non-hydrogen) atoms. The van der Waals surface area contributed by atoms with E-state index in [0.29, 0.717) is 18.9 Å². The Kier molecular flexibility index (Phi) is 8.60. The maximum absolute atomic E-state index is 13.9. The van der Waals surface area contributed by atoms with Gasteiger partial charge in [0.15, 0.2) is 17.8 Å². The predicted octanol–water partition coefficient (Wildman–Crippen LogP) is 3.12. The van der Waals surface area contributed by atoms with E-state index < -0.39 is 63.9 Å². The number of rotatable bonds is 8. The van der Waals surface area contributed by atoms with Crippen molar-refractivity contribution in [3.8, 4) is 0 Å². The van der Waals surface area contributed by atoms with Crippen LogP contribution in [0, 0.1) is 23.4 Å². The molecule has 1 aliphatic carbocycles. The Labute approximate surface area is 223 Å². The van der Waals surface area contributed by atoms with Crippen LogP contribution >= 0.6 is 0 Å². The van der Waals surface area contributed by atoms with Crippen LogP contribution < -0.4 is 5.32 Å². The van der Waals surface area contributed by atoms with Gasteiger partial charge >= 0.3 is 5.97 Å². The molecule has 1 aliphatic heterocycles. The fourth-order valence-electron chi connectivity index (χ4n) is 5.20. The zero-order chi connectivity index (χ0) is 28.3. The Hall–Kier alpha value is -3.45. The van der Waals surface area contributed by atoms with E-state index in [1.165, 1.54) is 0 Å². The van der Waals surface area contributed by atoms with Crippen molar-refractivity contribution >= 4 is 27.8 Å². The molecule has 1 saturated heterocycles. The molecule has 13 heteroatoms. The Morgan fingerprint density at radius 2 is 1.62 bits per heavy atom. The fraction of sp³-hybridized carbons (Fsp3) is 0.423. The highest BCUT2D eigenvalue weighted by Crippen LogP contribution is 2.30. The number of nitrogens with zero attached hydrogens (tertiary/aromatic N) is 2. The molecule has 2 N–H and O–H groups in total. The van der Waals surface area contributed by atoms with Crippen molar-refractivity contribution in [3.05, 3.63) is 65.5 Å². The second-order valence-corrected chi connectivity index (χ2v) is 11.6. The number of carbonyl (C=O) groups is 3. The Balaban J connectivity index is 1.70. The van der Waals surface area contributed by atoms with Crippen molar-refractivity contribution in [3.63, 3.8) is 0 Å². The van der Waals surface area contributed by atoms with E-state index in [9.17, 15) is 41.1 Å². The number of carboxylic acid groups (broad SMARTS) is 1. The fourth-order valence-corrected chi connectivity index (χ4v) is 6.74. The molecule has 2 aromatic carbocycles. The van der Waals surface area contributed by atoms with Gasteiger partial charge in [0.25, 0.3) is 11.8 Å². The van der Waals surface area contributed by atoms with Crippen LogP contribution in [-0.2, 0) is 19.6 Å². The van der Waals surface area contributed by atoms with E-state index in [2.05, 4.69) is 5.32 Å². The van der Waals surface area contributed by atoms with Crippen LogP contribution in [0.25, 0.3) is 0 Å². The monoisotopic (exact) mass is 567 g/mol. The lowest BCUT2D eigenvalue weighted by molar-refractivity contribution is -0.138. The van der Waals surface area contributed by atoms with E-state index in [1.807, 2.05) is 0 Å². The summed E-state index contributed by atoms with van der Waals surface area (Å²) in [6.07, 6.45) is 1.90. The van der Waals surface area contributed by atoms with Crippen molar-refractivity contribution < 1.29 is 41.1 Å². The number of carbonyl (C=O) groups excluding carboxylic acids is 2. The number of benzene rings is 2. The molecule has 0 aromatic heterocycles. The molecule has 2 atom stereocenters. The highest BCUT2D eigenvalue weighted by Gasteiger charge is 2.47. The molecule has 2 aromatic rings. The van der Waals surface area contributed by atoms with Gasteiger partial charge in [-0.1, -0.05) is 19.3 Å². The van der Waals surface area contributed by atoms with Crippen LogP contribution in [0.3, 0.4) is 0 Å². The van der Waals surface area contributed by atoms with Crippen LogP contribution in [0.1, 0.15) is 48.9 Å². The number of amides is 2. The molecule has 2 amide bonds. The average molecular weight is 568 g/mol. The maximum atomic E-state index is 13.9. The summed E-state index contributed by atoms with van der Waals surface area (Å²) < 4.78 is 68.6. The maximum Gasteiger partial charge on any atom is 0.305 e. The number of sulfonamides is 1. The first kappa shape index (κ1) is 28.6. The van der Waals surface area contributed by atoms with E-state index in [-0.39, 0.29) is 29.5 Å². The van der Waals surface area contributed by atoms with Crippen molar-refractivity contribution in [2.45, 2.75) is 55.6 Å². The van der Waals surface area contributed by atoms with Crippen LogP contribution in [0.15, 0.2) is 47.4 Å². The third-order valence-corrected chi connectivity index (χ3v) is 9.02. The molecule has 0 radical (unpaired) electrons. The summed E-state index contributed by atoms with van der Waals surface area (Å²) in [6.45, 7) is -0.580. The first-order valence-corrected chi connectivity index (χ1v) is 14.0. The van der Waals surface area contributed by atoms with E-state index in [1.54, 1.807) is 0 Å². The molecular weight excluding hydrogens is 539 g/mol. The number of nitrogens with one attached hydrogen (secondary N) is 1. The molecule has 210 valence electrons. The molecular formula is C26H28F3N3O6S. The second kappa shape index (κ2) is 11.7. The lowest BCUT2D eigenvalue weighted by atomic mass is 9.82. The van der Waals surface area contributed by atoms with Gasteiger partial charge in [-0.2, -0.15) is 4.31 Å². The van der Waals surface area contributed by atoms with Gasteiger partial charge in [-0.3, -0.25) is 14.4 Å². The highest BCUT2D eigenvalue weighted by atomic mass is 32.2. The van der Waals surface area contributed by atoms with Gasteiger partial charge in [-0.05, 0) is 61.2 Å². The standard InChI is InChI=1S/C26H28F3N3O6S/c27-18-7-9-19(10-8-18)39(37,38)32-13-12-31(26(36)17-6-11-20(28)21(29)14-17)25(32)24(35)30-22(15-23(33)34)16-4-2-1-3-5-16/h6-11,14,16,22,25H,1-5,12-13,15H2,(H,30,35)(H,33,34). The van der Waals surface area contributed by atoms with Crippen molar-refractivity contribution in [1.29, 1.82) is 0 Å². The van der Waals surface area contributed by atoms with Crippen LogP contribution in [0.5, 0.6) is 0 Å². The normalized spacial score (nSPS) is 19.6. The number of halogens is 3. The topological polar surface area (TPSA) is 124 Å². The van der Waals surface area contributed by atoms with Gasteiger partial charge in [0, 0.05) is 24.7 Å². The largest absolute Gasteiger partial charge is 0.481 e. The second-order valence-electron chi connectivity index (χ2n) is 9.68. The summed E-state index contributed by atoms with van der Waals surface area (Å²) in [7, 11) is -4.44. The quantitative estimate of drug-likeness (QED) is 0.505. The van der Waals surface area contributed by atoms with Crippen molar-refractivity contribution in [2.24, 2.45) is 5.92 Å². The SMILES string of the molecule is O=C(O)CC(NC(=O)C1N(C(=O)c2ccc(F)c(F)c2)CCN1S(=O)(=O)c1ccc(F)cc1)C1CCCCC1. The van der Waals surface area contributed by atoms with Gasteiger partial charge in [0.2, 0.25) is 10.0 Å². The first-order chi connectivity index (χ1) is 18.5. The zero-order valence-corrected chi connectivity index (χ0v) is 21.7. The first-order valence-electron chi connectivity index (χ1n) is 12.5. The van der Waals surface area contributed by atoms with E-state index >= 15 is 0 Å². The lowest BCUT2D eigenvalue weighted by Crippen LogP contribution is -2.56. The summed E-state index contributed by atoms with van der Waals surface area (Å²) >= 11 is 0. The number of hydrogen-bond donors (Lipinski definition) is 2. The van der Waals surface area contributed by atoms with Crippen molar-refractivity contribution in [1.82, 2.24) is 14.5 Å². The van der Waals surface area contributed by atoms with Crippen LogP contribution in [-0.4, -0.2) is 65.8 Å². The smallest absolute Gasteiger partial charge is 0.305 e. The van der Waals surface area contributed by atoms with E-state index in [0.717, 1.165) is 64.9 Å². The molecule has 2 aliphatic rings. The van der Waals surface area contributed by atoms with Gasteiger partial charge in [-0.15, -0.1) is 0 Å². The minimum absolute atomic E-state index is 0.155. The molecule has 9 nitrogen and oxygen atoms in total. The summed E-state index contributed by atoms with van der Waals surface area (Å²) in [5.41, 5.74) is -0.304. The summed E-state index contributed by atoms with van der Waals surface area (Å²) in [4.78, 5) is 39.2. The molecule has 2 fully saturated rings. The molecule has 2 unspecified atom stereocenters. The zero-order valence-electron chi connectivity index (χ0n) is 20.9. The Bertz CT molecular complexity index is 1350. The average Bonchev–Trinajstić information content (AvgIpc) is 3.36. The molecule has 1 heterocycles. The van der Waals surface area contributed by atoms with Crippen LogP contribution in [0.2, 0.25) is 0 Å². The summed E-state index contributed by atoms with van der Waals surface area (Å²) in [6, 6.07) is 5.52. The molecule has 4 rings (SSSR count). The Morgan fingerprint density at radius 1 is 0.949 bits per heavy atom. The molecule has 1 saturated carbocycles. The van der Waals surface area contributed by atoms with Gasteiger partial charge in [0.05, 0.1) is 11.3 Å². The Morgan fingerprint density at radius 3 is 2.23 bits per heavy atom. The van der Waals surface area contributed by atoms with Crippen molar-refractivity contribution in [2.75, 3.05) is 13.1 Å². The molecule has 0 spiro atoms. The minimum atomic E-state index is -4.44.